The van der Waals surface area contributed by atoms with E-state index in [1.165, 1.54) is 0 Å². The van der Waals surface area contributed by atoms with E-state index in [9.17, 15) is 14.7 Å². The molecular formula is C10H17ClO4. The molecule has 5 heteroatoms. The summed E-state index contributed by atoms with van der Waals surface area (Å²) in [6, 6.07) is 0. The van der Waals surface area contributed by atoms with Crippen LogP contribution in [-0.4, -0.2) is 29.1 Å². The molecule has 1 fully saturated rings. The van der Waals surface area contributed by atoms with Crippen LogP contribution in [0.2, 0.25) is 0 Å². The summed E-state index contributed by atoms with van der Waals surface area (Å²) in [6.07, 6.45) is 1.51. The average molecular weight is 237 g/mol. The van der Waals surface area contributed by atoms with Gasteiger partial charge in [-0.05, 0) is 19.8 Å². The molecule has 0 radical (unpaired) electrons. The molecule has 1 aliphatic carbocycles. The summed E-state index contributed by atoms with van der Waals surface area (Å²) >= 11 is 0. The molecule has 0 bridgehead atoms. The predicted octanol–water partition coefficient (Wildman–Crippen LogP) is 1.24. The van der Waals surface area contributed by atoms with Crippen LogP contribution in [0.3, 0.4) is 0 Å². The molecule has 88 valence electrons. The summed E-state index contributed by atoms with van der Waals surface area (Å²) in [5.74, 6) is -0.220. The molecule has 1 saturated carbocycles. The molecule has 0 atom stereocenters. The molecule has 0 unspecified atom stereocenters. The maximum Gasteiger partial charge on any atom is 0.308 e. The molecule has 1 aliphatic rings. The van der Waals surface area contributed by atoms with Crippen molar-refractivity contribution in [2.24, 2.45) is 0 Å². The number of hydrogen-bond acceptors (Lipinski definition) is 4. The van der Waals surface area contributed by atoms with Crippen LogP contribution in [0.15, 0.2) is 0 Å². The number of Topliss-reactive ketones (excluding diaryl/α,β-unsaturated/α-hetero) is 1. The van der Waals surface area contributed by atoms with Crippen LogP contribution in [0.4, 0.5) is 0 Å². The van der Waals surface area contributed by atoms with Gasteiger partial charge in [-0.1, -0.05) is 0 Å². The van der Waals surface area contributed by atoms with Crippen LogP contribution < -0.4 is 0 Å². The largest absolute Gasteiger partial charge is 0.466 e. The van der Waals surface area contributed by atoms with Gasteiger partial charge in [0.25, 0.3) is 0 Å². The zero-order valence-electron chi connectivity index (χ0n) is 8.82. The molecular weight excluding hydrogens is 220 g/mol. The van der Waals surface area contributed by atoms with E-state index in [1.54, 1.807) is 6.92 Å². The Morgan fingerprint density at radius 3 is 2.47 bits per heavy atom. The Morgan fingerprint density at radius 1 is 1.47 bits per heavy atom. The van der Waals surface area contributed by atoms with E-state index in [4.69, 9.17) is 4.74 Å². The van der Waals surface area contributed by atoms with Crippen LogP contribution in [0, 0.1) is 0 Å². The Kier molecular flexibility index (Phi) is 5.83. The molecule has 0 aliphatic heterocycles. The van der Waals surface area contributed by atoms with E-state index in [0.717, 1.165) is 0 Å². The zero-order valence-corrected chi connectivity index (χ0v) is 9.64. The van der Waals surface area contributed by atoms with Gasteiger partial charge in [0.2, 0.25) is 0 Å². The topological polar surface area (TPSA) is 63.6 Å². The lowest BCUT2D eigenvalue weighted by molar-refractivity contribution is -0.151. The van der Waals surface area contributed by atoms with Crippen molar-refractivity contribution in [3.05, 3.63) is 0 Å². The lowest BCUT2D eigenvalue weighted by Crippen LogP contribution is -2.36. The third-order valence-corrected chi connectivity index (χ3v) is 2.52. The summed E-state index contributed by atoms with van der Waals surface area (Å²) in [4.78, 5) is 22.1. The lowest BCUT2D eigenvalue weighted by atomic mass is 9.82. The minimum absolute atomic E-state index is 0. The third-order valence-electron chi connectivity index (χ3n) is 2.52. The number of halogens is 1. The van der Waals surface area contributed by atoms with Gasteiger partial charge in [-0.3, -0.25) is 9.59 Å². The van der Waals surface area contributed by atoms with Crippen molar-refractivity contribution in [1.82, 2.24) is 0 Å². The normalized spacial score (nSPS) is 19.2. The Morgan fingerprint density at radius 2 is 2.00 bits per heavy atom. The highest BCUT2D eigenvalue weighted by molar-refractivity contribution is 5.85. The molecule has 0 amide bonds. The van der Waals surface area contributed by atoms with Crippen molar-refractivity contribution >= 4 is 24.2 Å². The Labute approximate surface area is 95.4 Å². The van der Waals surface area contributed by atoms with Gasteiger partial charge in [0.05, 0.1) is 18.6 Å². The Balaban J connectivity index is 0.00000196. The van der Waals surface area contributed by atoms with Crippen molar-refractivity contribution < 1.29 is 19.4 Å². The number of aliphatic hydroxyl groups is 1. The van der Waals surface area contributed by atoms with E-state index in [1.807, 2.05) is 0 Å². The Bertz CT molecular complexity index is 230. The number of esters is 1. The first kappa shape index (κ1) is 14.4. The first-order valence-corrected chi connectivity index (χ1v) is 4.95. The van der Waals surface area contributed by atoms with Crippen molar-refractivity contribution in [3.63, 3.8) is 0 Å². The quantitative estimate of drug-likeness (QED) is 0.749. The monoisotopic (exact) mass is 236 g/mol. The molecule has 1 rings (SSSR count). The van der Waals surface area contributed by atoms with Crippen molar-refractivity contribution in [1.29, 1.82) is 0 Å². The number of rotatable bonds is 3. The second-order valence-corrected chi connectivity index (χ2v) is 3.74. The molecule has 1 N–H and O–H groups in total. The average Bonchev–Trinajstić information content (AvgIpc) is 2.11. The van der Waals surface area contributed by atoms with Gasteiger partial charge in [-0.15, -0.1) is 12.4 Å². The van der Waals surface area contributed by atoms with E-state index < -0.39 is 5.60 Å². The number of carbonyl (C=O) groups excluding carboxylic acids is 2. The maximum absolute atomic E-state index is 11.1. The molecule has 0 aromatic heterocycles. The first-order chi connectivity index (χ1) is 6.56. The van der Waals surface area contributed by atoms with E-state index in [0.29, 0.717) is 32.3 Å². The second-order valence-electron chi connectivity index (χ2n) is 3.74. The number of carbonyl (C=O) groups is 2. The summed E-state index contributed by atoms with van der Waals surface area (Å²) < 4.78 is 4.75. The first-order valence-electron chi connectivity index (χ1n) is 4.95. The highest BCUT2D eigenvalue weighted by Gasteiger charge is 2.34. The van der Waals surface area contributed by atoms with Crippen molar-refractivity contribution in [2.45, 2.75) is 44.6 Å². The standard InChI is InChI=1S/C10H16O4.ClH/c1-2-14-9(12)7-10(13)5-3-8(11)4-6-10;/h13H,2-7H2,1H3;1H. The van der Waals surface area contributed by atoms with Gasteiger partial charge < -0.3 is 9.84 Å². The number of hydrogen-bond donors (Lipinski definition) is 1. The molecule has 15 heavy (non-hydrogen) atoms. The van der Waals surface area contributed by atoms with Gasteiger partial charge in [0.1, 0.15) is 5.78 Å². The summed E-state index contributed by atoms with van der Waals surface area (Å²) in [5.41, 5.74) is -1.01. The SMILES string of the molecule is CCOC(=O)CC1(O)CCC(=O)CC1.Cl. The van der Waals surface area contributed by atoms with Crippen molar-refractivity contribution in [2.75, 3.05) is 6.61 Å². The molecule has 0 saturated heterocycles. The molecule has 0 aromatic carbocycles. The minimum Gasteiger partial charge on any atom is -0.466 e. The molecule has 4 nitrogen and oxygen atoms in total. The zero-order chi connectivity index (χ0) is 10.6. The Hall–Kier alpha value is -0.610. The molecule has 0 aromatic rings. The third kappa shape index (κ3) is 4.62. The van der Waals surface area contributed by atoms with Gasteiger partial charge in [-0.25, -0.2) is 0 Å². The highest BCUT2D eigenvalue weighted by Crippen LogP contribution is 2.29. The smallest absolute Gasteiger partial charge is 0.308 e. The molecule has 0 spiro atoms. The maximum atomic E-state index is 11.1. The predicted molar refractivity (Wildman–Crippen MR) is 56.9 cm³/mol. The highest BCUT2D eigenvalue weighted by atomic mass is 35.5. The van der Waals surface area contributed by atoms with Gasteiger partial charge in [0.15, 0.2) is 0 Å². The van der Waals surface area contributed by atoms with E-state index >= 15 is 0 Å². The lowest BCUT2D eigenvalue weighted by Gasteiger charge is -2.30. The van der Waals surface area contributed by atoms with Crippen LogP contribution in [0.1, 0.15) is 39.0 Å². The summed E-state index contributed by atoms with van der Waals surface area (Å²) in [7, 11) is 0. The van der Waals surface area contributed by atoms with Crippen molar-refractivity contribution in [3.8, 4) is 0 Å². The fourth-order valence-electron chi connectivity index (χ4n) is 1.65. The molecule has 0 heterocycles. The fourth-order valence-corrected chi connectivity index (χ4v) is 1.65. The summed E-state index contributed by atoms with van der Waals surface area (Å²) in [5, 5.41) is 9.93. The van der Waals surface area contributed by atoms with Gasteiger partial charge in [-0.2, -0.15) is 0 Å². The van der Waals surface area contributed by atoms with Crippen LogP contribution >= 0.6 is 12.4 Å². The summed E-state index contributed by atoms with van der Waals surface area (Å²) in [6.45, 7) is 2.06. The van der Waals surface area contributed by atoms with Crippen LogP contribution in [-0.2, 0) is 14.3 Å². The minimum atomic E-state index is -1.01. The van der Waals surface area contributed by atoms with E-state index in [2.05, 4.69) is 0 Å². The van der Waals surface area contributed by atoms with Gasteiger partial charge >= 0.3 is 5.97 Å². The second kappa shape index (κ2) is 6.08. The van der Waals surface area contributed by atoms with Crippen LogP contribution in [0.5, 0.6) is 0 Å². The van der Waals surface area contributed by atoms with Crippen LogP contribution in [0.25, 0.3) is 0 Å². The number of ketones is 1. The van der Waals surface area contributed by atoms with Gasteiger partial charge in [0, 0.05) is 12.8 Å². The number of ether oxygens (including phenoxy) is 1. The van der Waals surface area contributed by atoms with E-state index in [-0.39, 0.29) is 30.6 Å². The fraction of sp³-hybridized carbons (Fsp3) is 0.800.